The number of nitrogens with zero attached hydrogens (tertiary/aromatic N) is 1. The van der Waals surface area contributed by atoms with Gasteiger partial charge < -0.3 is 9.52 Å². The van der Waals surface area contributed by atoms with Crippen LogP contribution >= 0.6 is 0 Å². The number of fused-ring (bicyclic) bond motifs is 1. The highest BCUT2D eigenvalue weighted by Crippen LogP contribution is 2.20. The maximum Gasteiger partial charge on any atom is 0.417 e. The van der Waals surface area contributed by atoms with E-state index in [1.807, 2.05) is 6.07 Å². The summed E-state index contributed by atoms with van der Waals surface area (Å²) in [5.74, 6) is -0.396. The molecule has 3 N–H and O–H groups in total. The Hall–Kier alpha value is -2.62. The number of oxazole rings is 1. The zero-order chi connectivity index (χ0) is 19.7. The van der Waals surface area contributed by atoms with Crippen LogP contribution < -0.4 is 10.5 Å². The number of rotatable bonds is 5. The Morgan fingerprint density at radius 2 is 2.11 bits per heavy atom. The molecular formula is C19H21N3O5S. The van der Waals surface area contributed by atoms with Crippen molar-refractivity contribution in [3.8, 4) is 5.75 Å². The Bertz CT molecular complexity index is 1150. The van der Waals surface area contributed by atoms with Gasteiger partial charge in [0, 0.05) is 19.1 Å². The van der Waals surface area contributed by atoms with Crippen molar-refractivity contribution in [2.24, 2.45) is 0 Å². The van der Waals surface area contributed by atoms with Crippen molar-refractivity contribution in [1.29, 1.82) is 0 Å². The van der Waals surface area contributed by atoms with Gasteiger partial charge in [-0.3, -0.25) is 9.88 Å². The van der Waals surface area contributed by atoms with E-state index < -0.39 is 15.8 Å². The Labute approximate surface area is 161 Å². The summed E-state index contributed by atoms with van der Waals surface area (Å²) in [5, 5.41) is 9.61. The van der Waals surface area contributed by atoms with Crippen LogP contribution in [-0.2, 0) is 16.6 Å². The molecule has 1 aliphatic rings. The monoisotopic (exact) mass is 403 g/mol. The number of hydrogen-bond donors (Lipinski definition) is 3. The number of benzene rings is 2. The van der Waals surface area contributed by atoms with E-state index in [1.54, 1.807) is 18.2 Å². The fraction of sp³-hybridized carbons (Fsp3) is 0.316. The molecule has 8 nitrogen and oxygen atoms in total. The summed E-state index contributed by atoms with van der Waals surface area (Å²) >= 11 is 0. The Kier molecular flexibility index (Phi) is 4.96. The lowest BCUT2D eigenvalue weighted by atomic mass is 10.1. The van der Waals surface area contributed by atoms with E-state index in [4.69, 9.17) is 4.42 Å². The molecule has 2 heterocycles. The largest absolute Gasteiger partial charge is 0.508 e. The number of aromatic hydroxyl groups is 1. The number of sulfonamides is 1. The summed E-state index contributed by atoms with van der Waals surface area (Å²) in [6.07, 6.45) is 1.63. The second kappa shape index (κ2) is 7.42. The number of phenolic OH excluding ortho intramolecular Hbond substituents is 1. The maximum absolute atomic E-state index is 12.8. The quantitative estimate of drug-likeness (QED) is 0.598. The van der Waals surface area contributed by atoms with Crippen molar-refractivity contribution in [2.45, 2.75) is 30.3 Å². The zero-order valence-electron chi connectivity index (χ0n) is 15.1. The molecule has 0 bridgehead atoms. The van der Waals surface area contributed by atoms with Gasteiger partial charge >= 0.3 is 5.76 Å². The molecule has 1 aromatic heterocycles. The van der Waals surface area contributed by atoms with E-state index in [0.29, 0.717) is 24.2 Å². The average Bonchev–Trinajstić information content (AvgIpc) is 3.01. The van der Waals surface area contributed by atoms with Crippen LogP contribution in [0.3, 0.4) is 0 Å². The summed E-state index contributed by atoms with van der Waals surface area (Å²) in [6, 6.07) is 11.2. The van der Waals surface area contributed by atoms with Crippen LogP contribution in [0.25, 0.3) is 11.1 Å². The van der Waals surface area contributed by atoms with Crippen molar-refractivity contribution >= 4 is 21.1 Å². The van der Waals surface area contributed by atoms with Crippen LogP contribution in [0.1, 0.15) is 18.4 Å². The zero-order valence-corrected chi connectivity index (χ0v) is 15.9. The van der Waals surface area contributed by atoms with Crippen molar-refractivity contribution in [3.63, 3.8) is 0 Å². The first-order chi connectivity index (χ1) is 13.4. The van der Waals surface area contributed by atoms with Crippen molar-refractivity contribution in [3.05, 3.63) is 58.6 Å². The number of aromatic amines is 1. The first kappa shape index (κ1) is 18.7. The van der Waals surface area contributed by atoms with Gasteiger partial charge in [-0.05, 0) is 55.3 Å². The molecule has 0 saturated carbocycles. The lowest BCUT2D eigenvalue weighted by Gasteiger charge is -2.33. The number of likely N-dealkylation sites (tertiary alicyclic amines) is 1. The predicted molar refractivity (Wildman–Crippen MR) is 104 cm³/mol. The van der Waals surface area contributed by atoms with Gasteiger partial charge in [-0.15, -0.1) is 0 Å². The Balaban J connectivity index is 1.46. The minimum atomic E-state index is -3.73. The third kappa shape index (κ3) is 4.11. The van der Waals surface area contributed by atoms with E-state index in [-0.39, 0.29) is 16.7 Å². The van der Waals surface area contributed by atoms with Gasteiger partial charge in [0.05, 0.1) is 10.4 Å². The second-order valence-corrected chi connectivity index (χ2v) is 8.75. The first-order valence-corrected chi connectivity index (χ1v) is 10.5. The molecular weight excluding hydrogens is 382 g/mol. The molecule has 4 rings (SSSR count). The van der Waals surface area contributed by atoms with Crippen LogP contribution in [0.2, 0.25) is 0 Å². The van der Waals surface area contributed by atoms with Crippen LogP contribution in [0.5, 0.6) is 5.75 Å². The van der Waals surface area contributed by atoms with Gasteiger partial charge in [-0.2, -0.15) is 0 Å². The topological polar surface area (TPSA) is 116 Å². The molecule has 9 heteroatoms. The molecule has 1 aliphatic heterocycles. The SMILES string of the molecule is O=c1[nH]c2cc(S(=O)(=O)NC3CCCN(Cc4cccc(O)c4)C3)ccc2o1. The fourth-order valence-corrected chi connectivity index (χ4v) is 4.88. The van der Waals surface area contributed by atoms with Gasteiger partial charge in [0.15, 0.2) is 5.58 Å². The molecule has 148 valence electrons. The van der Waals surface area contributed by atoms with Crippen LogP contribution in [0.15, 0.2) is 56.6 Å². The predicted octanol–water partition coefficient (Wildman–Crippen LogP) is 1.77. The number of aromatic nitrogens is 1. The third-order valence-corrected chi connectivity index (χ3v) is 6.36. The number of phenols is 1. The lowest BCUT2D eigenvalue weighted by molar-refractivity contribution is 0.194. The van der Waals surface area contributed by atoms with Crippen molar-refractivity contribution in [2.75, 3.05) is 13.1 Å². The average molecular weight is 403 g/mol. The summed E-state index contributed by atoms with van der Waals surface area (Å²) in [4.78, 5) is 16.0. The summed E-state index contributed by atoms with van der Waals surface area (Å²) in [6.45, 7) is 2.10. The standard InChI is InChI=1S/C19H21N3O5S/c23-15-5-1-3-13(9-15)11-22-8-2-4-14(12-22)21-28(25,26)16-6-7-18-17(10-16)20-19(24)27-18/h1,3,5-7,9-10,14,21,23H,2,4,8,11-12H2,(H,20,24). The van der Waals surface area contributed by atoms with Crippen molar-refractivity contribution < 1.29 is 17.9 Å². The Morgan fingerprint density at radius 1 is 1.25 bits per heavy atom. The lowest BCUT2D eigenvalue weighted by Crippen LogP contribution is -2.47. The minimum absolute atomic E-state index is 0.0853. The van der Waals surface area contributed by atoms with Gasteiger partial charge in [0.25, 0.3) is 0 Å². The van der Waals surface area contributed by atoms with Crippen molar-refractivity contribution in [1.82, 2.24) is 14.6 Å². The van der Waals surface area contributed by atoms with Gasteiger partial charge in [0.1, 0.15) is 5.75 Å². The van der Waals surface area contributed by atoms with E-state index in [1.165, 1.54) is 18.2 Å². The molecule has 0 aliphatic carbocycles. The number of H-pyrrole nitrogens is 1. The highest BCUT2D eigenvalue weighted by atomic mass is 32.2. The third-order valence-electron chi connectivity index (χ3n) is 4.84. The first-order valence-electron chi connectivity index (χ1n) is 9.04. The highest BCUT2D eigenvalue weighted by molar-refractivity contribution is 7.89. The van der Waals surface area contributed by atoms with Gasteiger partial charge in [0.2, 0.25) is 10.0 Å². The van der Waals surface area contributed by atoms with Crippen LogP contribution in [-0.4, -0.2) is 42.5 Å². The molecule has 3 aromatic rings. The number of nitrogens with one attached hydrogen (secondary N) is 2. The Morgan fingerprint density at radius 3 is 2.93 bits per heavy atom. The summed E-state index contributed by atoms with van der Waals surface area (Å²) in [7, 11) is -3.73. The smallest absolute Gasteiger partial charge is 0.417 e. The van der Waals surface area contributed by atoms with Crippen LogP contribution in [0.4, 0.5) is 0 Å². The van der Waals surface area contributed by atoms with E-state index in [0.717, 1.165) is 24.9 Å². The molecule has 1 saturated heterocycles. The van der Waals surface area contributed by atoms with E-state index in [2.05, 4.69) is 14.6 Å². The highest BCUT2D eigenvalue weighted by Gasteiger charge is 2.25. The molecule has 0 spiro atoms. The normalized spacial score (nSPS) is 18.5. The van der Waals surface area contributed by atoms with E-state index >= 15 is 0 Å². The van der Waals surface area contributed by atoms with Gasteiger partial charge in [-0.1, -0.05) is 12.1 Å². The maximum atomic E-state index is 12.8. The molecule has 1 unspecified atom stereocenters. The molecule has 1 fully saturated rings. The molecule has 28 heavy (non-hydrogen) atoms. The number of piperidine rings is 1. The number of hydrogen-bond acceptors (Lipinski definition) is 6. The summed E-state index contributed by atoms with van der Waals surface area (Å²) in [5.41, 5.74) is 1.65. The van der Waals surface area contributed by atoms with Gasteiger partial charge in [-0.25, -0.2) is 17.9 Å². The molecule has 2 aromatic carbocycles. The van der Waals surface area contributed by atoms with E-state index in [9.17, 15) is 18.3 Å². The fourth-order valence-electron chi connectivity index (χ4n) is 3.59. The molecule has 0 radical (unpaired) electrons. The summed E-state index contributed by atoms with van der Waals surface area (Å²) < 4.78 is 33.2. The molecule has 0 amide bonds. The second-order valence-electron chi connectivity index (χ2n) is 7.04. The minimum Gasteiger partial charge on any atom is -0.508 e. The van der Waals surface area contributed by atoms with Crippen LogP contribution in [0, 0.1) is 0 Å². The molecule has 1 atom stereocenters.